The molecule has 0 saturated carbocycles. The van der Waals surface area contributed by atoms with Gasteiger partial charge in [0.2, 0.25) is 0 Å². The van der Waals surface area contributed by atoms with Crippen LogP contribution in [0.25, 0.3) is 21.0 Å². The van der Waals surface area contributed by atoms with Crippen LogP contribution in [-0.2, 0) is 10.1 Å². The second-order valence-corrected chi connectivity index (χ2v) is 6.24. The minimum absolute atomic E-state index is 0.117. The van der Waals surface area contributed by atoms with Gasteiger partial charge in [-0.05, 0) is 12.1 Å². The molecule has 0 amide bonds. The topological polar surface area (TPSA) is 93.3 Å². The van der Waals surface area contributed by atoms with E-state index in [1.165, 1.54) is 17.4 Å². The first-order valence-corrected chi connectivity index (χ1v) is 7.28. The van der Waals surface area contributed by atoms with E-state index < -0.39 is 10.1 Å². The maximum Gasteiger partial charge on any atom is 0.295 e. The van der Waals surface area contributed by atoms with E-state index >= 15 is 0 Å². The van der Waals surface area contributed by atoms with Crippen molar-refractivity contribution in [2.45, 2.75) is 4.90 Å². The van der Waals surface area contributed by atoms with E-state index in [1.54, 1.807) is 24.3 Å². The highest BCUT2D eigenvalue weighted by Gasteiger charge is 2.15. The van der Waals surface area contributed by atoms with Gasteiger partial charge in [-0.2, -0.15) is 8.42 Å². The Hall–Kier alpha value is -1.70. The van der Waals surface area contributed by atoms with E-state index in [0.717, 1.165) is 4.70 Å². The Bertz CT molecular complexity index is 869. The Kier molecular flexibility index (Phi) is 2.31. The summed E-state index contributed by atoms with van der Waals surface area (Å²) in [6.07, 6.45) is 0. The summed E-state index contributed by atoms with van der Waals surface area (Å²) in [6.45, 7) is 0. The molecule has 0 spiro atoms. The number of anilines is 1. The standard InChI is InChI=1S/C11H8N2O3S2/c12-11-13-10-7-2-1-3-9(18(14,15)16)6(7)4-5-8(10)17-11/h1-5H,(H2,12,13)(H,14,15,16). The minimum atomic E-state index is -4.25. The summed E-state index contributed by atoms with van der Waals surface area (Å²) < 4.78 is 32.7. The van der Waals surface area contributed by atoms with Crippen molar-refractivity contribution in [3.05, 3.63) is 30.3 Å². The van der Waals surface area contributed by atoms with Crippen molar-refractivity contribution in [3.8, 4) is 0 Å². The number of hydrogen-bond acceptors (Lipinski definition) is 5. The zero-order valence-corrected chi connectivity index (χ0v) is 10.6. The van der Waals surface area contributed by atoms with Crippen LogP contribution < -0.4 is 5.73 Å². The number of rotatable bonds is 1. The lowest BCUT2D eigenvalue weighted by molar-refractivity contribution is 0.484. The molecule has 3 N–H and O–H groups in total. The molecule has 1 heterocycles. The van der Waals surface area contributed by atoms with Crippen LogP contribution in [0.4, 0.5) is 5.13 Å². The largest absolute Gasteiger partial charge is 0.375 e. The van der Waals surface area contributed by atoms with Gasteiger partial charge in [-0.3, -0.25) is 4.55 Å². The third kappa shape index (κ3) is 1.64. The molecule has 7 heteroatoms. The Morgan fingerprint density at radius 2 is 1.94 bits per heavy atom. The Balaban J connectivity index is 2.54. The molecule has 0 radical (unpaired) electrons. The normalized spacial score (nSPS) is 12.3. The molecular formula is C11H8N2O3S2. The first kappa shape index (κ1) is 11.4. The van der Waals surface area contributed by atoms with Crippen molar-refractivity contribution in [2.75, 3.05) is 5.73 Å². The first-order valence-electron chi connectivity index (χ1n) is 5.02. The minimum Gasteiger partial charge on any atom is -0.375 e. The molecule has 0 atom stereocenters. The Morgan fingerprint density at radius 1 is 1.17 bits per heavy atom. The summed E-state index contributed by atoms with van der Waals surface area (Å²) in [7, 11) is -4.25. The predicted octanol–water partition coefficient (Wildman–Crippen LogP) is 2.28. The van der Waals surface area contributed by atoms with Crippen LogP contribution in [0.3, 0.4) is 0 Å². The Morgan fingerprint density at radius 3 is 2.67 bits per heavy atom. The van der Waals surface area contributed by atoms with Crippen LogP contribution in [-0.4, -0.2) is 18.0 Å². The summed E-state index contributed by atoms with van der Waals surface area (Å²) in [6, 6.07) is 8.09. The van der Waals surface area contributed by atoms with Crippen molar-refractivity contribution in [3.63, 3.8) is 0 Å². The fourth-order valence-corrected chi connectivity index (χ4v) is 3.42. The van der Waals surface area contributed by atoms with Crippen molar-refractivity contribution < 1.29 is 13.0 Å². The van der Waals surface area contributed by atoms with Crippen molar-refractivity contribution in [1.29, 1.82) is 0 Å². The van der Waals surface area contributed by atoms with Crippen molar-refractivity contribution in [1.82, 2.24) is 4.98 Å². The fraction of sp³-hybridized carbons (Fsp3) is 0. The fourth-order valence-electron chi connectivity index (χ4n) is 1.96. The summed E-state index contributed by atoms with van der Waals surface area (Å²) in [5, 5.41) is 1.53. The van der Waals surface area contributed by atoms with E-state index in [-0.39, 0.29) is 4.90 Å². The van der Waals surface area contributed by atoms with Crippen LogP contribution in [0.15, 0.2) is 35.2 Å². The van der Waals surface area contributed by atoms with Gasteiger partial charge in [-0.15, -0.1) is 0 Å². The first-order chi connectivity index (χ1) is 8.47. The van der Waals surface area contributed by atoms with Crippen LogP contribution in [0.1, 0.15) is 0 Å². The van der Waals surface area contributed by atoms with Crippen LogP contribution in [0.2, 0.25) is 0 Å². The third-order valence-corrected chi connectivity index (χ3v) is 4.43. The van der Waals surface area contributed by atoms with E-state index in [1.807, 2.05) is 0 Å². The summed E-state index contributed by atoms with van der Waals surface area (Å²) >= 11 is 1.34. The lowest BCUT2D eigenvalue weighted by atomic mass is 10.1. The van der Waals surface area contributed by atoms with E-state index in [9.17, 15) is 13.0 Å². The molecule has 0 aliphatic carbocycles. The summed E-state index contributed by atoms with van der Waals surface area (Å²) in [5.41, 5.74) is 6.30. The summed E-state index contributed by atoms with van der Waals surface area (Å²) in [5.74, 6) is 0. The molecule has 18 heavy (non-hydrogen) atoms. The van der Waals surface area contributed by atoms with Gasteiger partial charge >= 0.3 is 0 Å². The molecule has 3 rings (SSSR count). The highest BCUT2D eigenvalue weighted by atomic mass is 32.2. The van der Waals surface area contributed by atoms with Gasteiger partial charge in [-0.25, -0.2) is 4.98 Å². The van der Waals surface area contributed by atoms with Crippen LogP contribution >= 0.6 is 11.3 Å². The van der Waals surface area contributed by atoms with Gasteiger partial charge in [-0.1, -0.05) is 29.5 Å². The number of nitrogen functional groups attached to an aromatic ring is 1. The second-order valence-electron chi connectivity index (χ2n) is 3.79. The smallest absolute Gasteiger partial charge is 0.295 e. The number of aromatic nitrogens is 1. The van der Waals surface area contributed by atoms with Gasteiger partial charge in [0.1, 0.15) is 4.90 Å². The Labute approximate surface area is 107 Å². The monoisotopic (exact) mass is 280 g/mol. The highest BCUT2D eigenvalue weighted by Crippen LogP contribution is 2.33. The van der Waals surface area contributed by atoms with Gasteiger partial charge in [0, 0.05) is 10.8 Å². The average molecular weight is 280 g/mol. The molecular weight excluding hydrogens is 272 g/mol. The molecule has 0 fully saturated rings. The number of thiazole rings is 1. The third-order valence-electron chi connectivity index (χ3n) is 2.67. The van der Waals surface area contributed by atoms with Gasteiger partial charge in [0.05, 0.1) is 10.2 Å². The molecule has 2 aromatic carbocycles. The number of benzene rings is 2. The highest BCUT2D eigenvalue weighted by molar-refractivity contribution is 7.86. The number of hydrogen-bond donors (Lipinski definition) is 2. The molecule has 0 bridgehead atoms. The number of nitrogens with two attached hydrogens (primary N) is 1. The van der Waals surface area contributed by atoms with Gasteiger partial charge < -0.3 is 5.73 Å². The maximum absolute atomic E-state index is 11.3. The summed E-state index contributed by atoms with van der Waals surface area (Å²) in [4.78, 5) is 4.07. The van der Waals surface area contributed by atoms with E-state index in [0.29, 0.717) is 21.4 Å². The lowest BCUT2D eigenvalue weighted by Crippen LogP contribution is -1.98. The molecule has 0 aliphatic rings. The average Bonchev–Trinajstić information content (AvgIpc) is 2.67. The SMILES string of the molecule is Nc1nc2c(ccc3c(S(=O)(=O)O)cccc32)s1. The molecule has 0 saturated heterocycles. The zero-order chi connectivity index (χ0) is 12.9. The molecule has 1 aromatic heterocycles. The van der Waals surface area contributed by atoms with Crippen LogP contribution in [0.5, 0.6) is 0 Å². The second kappa shape index (κ2) is 3.64. The lowest BCUT2D eigenvalue weighted by Gasteiger charge is -2.03. The predicted molar refractivity (Wildman–Crippen MR) is 71.4 cm³/mol. The quantitative estimate of drug-likeness (QED) is 0.667. The molecule has 92 valence electrons. The van der Waals surface area contributed by atoms with Gasteiger partial charge in [0.25, 0.3) is 10.1 Å². The maximum atomic E-state index is 11.3. The van der Waals surface area contributed by atoms with E-state index in [2.05, 4.69) is 4.98 Å². The molecule has 0 aliphatic heterocycles. The zero-order valence-electron chi connectivity index (χ0n) is 8.99. The van der Waals surface area contributed by atoms with Crippen molar-refractivity contribution >= 4 is 47.6 Å². The van der Waals surface area contributed by atoms with Gasteiger partial charge in [0.15, 0.2) is 5.13 Å². The number of nitrogens with zero attached hydrogens (tertiary/aromatic N) is 1. The van der Waals surface area contributed by atoms with Crippen molar-refractivity contribution in [2.24, 2.45) is 0 Å². The van der Waals surface area contributed by atoms with E-state index in [4.69, 9.17) is 5.73 Å². The molecule has 3 aromatic rings. The molecule has 0 unspecified atom stereocenters. The molecule has 5 nitrogen and oxygen atoms in total. The van der Waals surface area contributed by atoms with Crippen LogP contribution in [0, 0.1) is 0 Å². The number of fused-ring (bicyclic) bond motifs is 3.